The SMILES string of the molecule is O=C(O)CC1CCSc2ccc(F)cc21. The van der Waals surface area contributed by atoms with Gasteiger partial charge in [0.2, 0.25) is 0 Å². The van der Waals surface area contributed by atoms with Gasteiger partial charge in [0.15, 0.2) is 0 Å². The molecule has 0 aliphatic carbocycles. The molecule has 1 aliphatic rings. The molecule has 1 unspecified atom stereocenters. The summed E-state index contributed by atoms with van der Waals surface area (Å²) >= 11 is 1.67. The summed E-state index contributed by atoms with van der Waals surface area (Å²) < 4.78 is 13.0. The molecule has 0 spiro atoms. The quantitative estimate of drug-likeness (QED) is 0.842. The maximum Gasteiger partial charge on any atom is 0.303 e. The molecule has 0 aromatic heterocycles. The summed E-state index contributed by atoms with van der Waals surface area (Å²) in [5.74, 6) is -0.223. The van der Waals surface area contributed by atoms with Gasteiger partial charge in [0.25, 0.3) is 0 Å². The molecule has 80 valence electrons. The average Bonchev–Trinajstić information content (AvgIpc) is 2.18. The lowest BCUT2D eigenvalue weighted by Crippen LogP contribution is -2.12. The zero-order valence-corrected chi connectivity index (χ0v) is 8.89. The van der Waals surface area contributed by atoms with Gasteiger partial charge in [0.1, 0.15) is 5.82 Å². The summed E-state index contributed by atoms with van der Waals surface area (Å²) in [6.45, 7) is 0. The average molecular weight is 226 g/mol. The molecule has 4 heteroatoms. The van der Waals surface area contributed by atoms with Crippen molar-refractivity contribution >= 4 is 17.7 Å². The Morgan fingerprint density at radius 1 is 1.60 bits per heavy atom. The van der Waals surface area contributed by atoms with Crippen molar-refractivity contribution < 1.29 is 14.3 Å². The molecule has 0 bridgehead atoms. The lowest BCUT2D eigenvalue weighted by atomic mass is 9.92. The number of halogens is 1. The number of hydrogen-bond donors (Lipinski definition) is 1. The molecule has 0 amide bonds. The van der Waals surface area contributed by atoms with Gasteiger partial charge in [-0.05, 0) is 41.9 Å². The smallest absolute Gasteiger partial charge is 0.303 e. The fourth-order valence-electron chi connectivity index (χ4n) is 1.86. The fourth-order valence-corrected chi connectivity index (χ4v) is 3.04. The third-order valence-corrected chi connectivity index (χ3v) is 3.68. The van der Waals surface area contributed by atoms with Crippen molar-refractivity contribution in [1.29, 1.82) is 0 Å². The van der Waals surface area contributed by atoms with Crippen LogP contribution in [0, 0.1) is 5.82 Å². The minimum absolute atomic E-state index is 0.0329. The van der Waals surface area contributed by atoms with Crippen LogP contribution in [0.15, 0.2) is 23.1 Å². The number of aliphatic carboxylic acids is 1. The van der Waals surface area contributed by atoms with Crippen molar-refractivity contribution in [2.75, 3.05) is 5.75 Å². The molecule has 1 aliphatic heterocycles. The molecule has 2 rings (SSSR count). The first kappa shape index (κ1) is 10.5. The van der Waals surface area contributed by atoms with Gasteiger partial charge in [-0.2, -0.15) is 0 Å². The number of benzene rings is 1. The van der Waals surface area contributed by atoms with Crippen molar-refractivity contribution in [3.05, 3.63) is 29.6 Å². The summed E-state index contributed by atoms with van der Waals surface area (Å²) in [5, 5.41) is 8.76. The maximum absolute atomic E-state index is 13.0. The molecule has 1 heterocycles. The van der Waals surface area contributed by atoms with Crippen LogP contribution in [0.5, 0.6) is 0 Å². The maximum atomic E-state index is 13.0. The van der Waals surface area contributed by atoms with Crippen LogP contribution in [0.25, 0.3) is 0 Å². The molecule has 1 aromatic rings. The van der Waals surface area contributed by atoms with E-state index in [1.54, 1.807) is 17.8 Å². The minimum Gasteiger partial charge on any atom is -0.481 e. The highest BCUT2D eigenvalue weighted by Gasteiger charge is 2.23. The summed E-state index contributed by atoms with van der Waals surface area (Å²) in [6, 6.07) is 4.63. The summed E-state index contributed by atoms with van der Waals surface area (Å²) in [5.41, 5.74) is 0.855. The van der Waals surface area contributed by atoms with E-state index in [0.29, 0.717) is 0 Å². The molecule has 1 atom stereocenters. The fraction of sp³-hybridized carbons (Fsp3) is 0.364. The molecule has 0 fully saturated rings. The van der Waals surface area contributed by atoms with E-state index >= 15 is 0 Å². The Hall–Kier alpha value is -1.03. The Kier molecular flexibility index (Phi) is 2.95. The summed E-state index contributed by atoms with van der Waals surface area (Å²) in [6.07, 6.45) is 0.907. The van der Waals surface area contributed by atoms with Crippen LogP contribution >= 0.6 is 11.8 Å². The highest BCUT2D eigenvalue weighted by molar-refractivity contribution is 7.99. The van der Waals surface area contributed by atoms with Crippen LogP contribution in [0.3, 0.4) is 0 Å². The Bertz CT molecular complexity index is 392. The van der Waals surface area contributed by atoms with Gasteiger partial charge in [0.05, 0.1) is 6.42 Å². The van der Waals surface area contributed by atoms with Gasteiger partial charge < -0.3 is 5.11 Å². The first-order valence-electron chi connectivity index (χ1n) is 4.81. The van der Waals surface area contributed by atoms with Gasteiger partial charge >= 0.3 is 5.97 Å². The largest absolute Gasteiger partial charge is 0.481 e. The second-order valence-corrected chi connectivity index (χ2v) is 4.75. The van der Waals surface area contributed by atoms with E-state index in [9.17, 15) is 9.18 Å². The van der Waals surface area contributed by atoms with Crippen LogP contribution < -0.4 is 0 Å². The second-order valence-electron chi connectivity index (χ2n) is 3.61. The molecule has 1 N–H and O–H groups in total. The molecule has 0 radical (unpaired) electrons. The minimum atomic E-state index is -0.817. The molecule has 15 heavy (non-hydrogen) atoms. The Morgan fingerprint density at radius 3 is 3.13 bits per heavy atom. The van der Waals surface area contributed by atoms with Crippen LogP contribution in [0.2, 0.25) is 0 Å². The third kappa shape index (κ3) is 2.31. The van der Waals surface area contributed by atoms with E-state index in [4.69, 9.17) is 5.11 Å². The summed E-state index contributed by atoms with van der Waals surface area (Å²) in [4.78, 5) is 11.7. The van der Waals surface area contributed by atoms with Crippen molar-refractivity contribution in [3.8, 4) is 0 Å². The van der Waals surface area contributed by atoms with Crippen LogP contribution in [-0.2, 0) is 4.79 Å². The number of rotatable bonds is 2. The third-order valence-electron chi connectivity index (χ3n) is 2.56. The zero-order valence-electron chi connectivity index (χ0n) is 8.07. The lowest BCUT2D eigenvalue weighted by Gasteiger charge is -2.23. The first-order valence-corrected chi connectivity index (χ1v) is 5.79. The Morgan fingerprint density at radius 2 is 2.40 bits per heavy atom. The Labute approximate surface area is 91.5 Å². The predicted octanol–water partition coefficient (Wildman–Crippen LogP) is 2.88. The predicted molar refractivity (Wildman–Crippen MR) is 56.7 cm³/mol. The van der Waals surface area contributed by atoms with Gasteiger partial charge in [-0.25, -0.2) is 4.39 Å². The van der Waals surface area contributed by atoms with Gasteiger partial charge in [-0.3, -0.25) is 4.79 Å². The highest BCUT2D eigenvalue weighted by Crippen LogP contribution is 2.39. The monoisotopic (exact) mass is 226 g/mol. The molecule has 1 aromatic carbocycles. The van der Waals surface area contributed by atoms with Crippen molar-refractivity contribution in [2.45, 2.75) is 23.7 Å². The standard InChI is InChI=1S/C11H11FO2S/c12-8-1-2-10-9(6-8)7(3-4-15-10)5-11(13)14/h1-2,6-7H,3-5H2,(H,13,14). The van der Waals surface area contributed by atoms with E-state index in [1.165, 1.54) is 12.1 Å². The number of fused-ring (bicyclic) bond motifs is 1. The molecule has 0 saturated carbocycles. The number of carbonyl (C=O) groups is 1. The highest BCUT2D eigenvalue weighted by atomic mass is 32.2. The number of thioether (sulfide) groups is 1. The van der Waals surface area contributed by atoms with Crippen LogP contribution in [0.1, 0.15) is 24.3 Å². The number of carboxylic acid groups (broad SMARTS) is 1. The van der Waals surface area contributed by atoms with Gasteiger partial charge in [-0.15, -0.1) is 11.8 Å². The summed E-state index contributed by atoms with van der Waals surface area (Å²) in [7, 11) is 0. The molecule has 2 nitrogen and oxygen atoms in total. The van der Waals surface area contributed by atoms with E-state index < -0.39 is 5.97 Å². The van der Waals surface area contributed by atoms with Gasteiger partial charge in [0, 0.05) is 4.90 Å². The normalized spacial score (nSPS) is 19.7. The topological polar surface area (TPSA) is 37.3 Å². The molecular formula is C11H11FO2S. The van der Waals surface area contributed by atoms with Gasteiger partial charge in [-0.1, -0.05) is 0 Å². The second kappa shape index (κ2) is 4.23. The van der Waals surface area contributed by atoms with E-state index in [-0.39, 0.29) is 18.2 Å². The van der Waals surface area contributed by atoms with Crippen molar-refractivity contribution in [3.63, 3.8) is 0 Å². The number of carboxylic acids is 1. The zero-order chi connectivity index (χ0) is 10.8. The molecule has 0 saturated heterocycles. The number of hydrogen-bond acceptors (Lipinski definition) is 2. The van der Waals surface area contributed by atoms with Crippen LogP contribution in [-0.4, -0.2) is 16.8 Å². The first-order chi connectivity index (χ1) is 7.16. The van der Waals surface area contributed by atoms with E-state index in [1.807, 2.05) is 0 Å². The van der Waals surface area contributed by atoms with Crippen molar-refractivity contribution in [2.24, 2.45) is 0 Å². The van der Waals surface area contributed by atoms with Crippen molar-refractivity contribution in [1.82, 2.24) is 0 Å². The lowest BCUT2D eigenvalue weighted by molar-refractivity contribution is -0.137. The molecular weight excluding hydrogens is 215 g/mol. The van der Waals surface area contributed by atoms with E-state index in [0.717, 1.165) is 22.6 Å². The van der Waals surface area contributed by atoms with Crippen LogP contribution in [0.4, 0.5) is 4.39 Å². The van der Waals surface area contributed by atoms with E-state index in [2.05, 4.69) is 0 Å². The Balaban J connectivity index is 2.32.